The van der Waals surface area contributed by atoms with Crippen molar-refractivity contribution in [2.24, 2.45) is 0 Å². The standard InChI is InChI=1S/C22H18ClFN4O4S/c1-12-20(30)27(10-14-3-4-15(23)16(24)7-14)22(31)28-11-17(33-21(12)28)19(29)26-9-13-5-6-25-18(8-13)32-2/h3-8,11H,9-10H2,1-2H3,(H,26,29). The van der Waals surface area contributed by atoms with Crippen LogP contribution in [0.15, 0.2) is 52.3 Å². The number of hydrogen-bond acceptors (Lipinski definition) is 6. The van der Waals surface area contributed by atoms with E-state index < -0.39 is 23.0 Å². The summed E-state index contributed by atoms with van der Waals surface area (Å²) in [6.07, 6.45) is 2.97. The van der Waals surface area contributed by atoms with Gasteiger partial charge in [-0.05, 0) is 36.2 Å². The number of nitrogens with zero attached hydrogens (tertiary/aromatic N) is 3. The lowest BCUT2D eigenvalue weighted by molar-refractivity contribution is 0.0954. The molecule has 0 aliphatic carbocycles. The second kappa shape index (κ2) is 9.16. The van der Waals surface area contributed by atoms with Gasteiger partial charge >= 0.3 is 5.69 Å². The predicted octanol–water partition coefficient (Wildman–Crippen LogP) is 3.01. The van der Waals surface area contributed by atoms with E-state index in [0.29, 0.717) is 21.8 Å². The van der Waals surface area contributed by atoms with Crippen molar-refractivity contribution >= 4 is 33.7 Å². The van der Waals surface area contributed by atoms with Gasteiger partial charge in [-0.25, -0.2) is 14.2 Å². The molecule has 0 aliphatic rings. The van der Waals surface area contributed by atoms with Gasteiger partial charge in [-0.1, -0.05) is 17.7 Å². The van der Waals surface area contributed by atoms with Gasteiger partial charge in [0.2, 0.25) is 5.88 Å². The maximum Gasteiger partial charge on any atom is 0.336 e. The van der Waals surface area contributed by atoms with Crippen LogP contribution >= 0.6 is 22.9 Å². The minimum Gasteiger partial charge on any atom is -0.481 e. The summed E-state index contributed by atoms with van der Waals surface area (Å²) < 4.78 is 21.1. The van der Waals surface area contributed by atoms with Crippen molar-refractivity contribution in [2.75, 3.05) is 7.11 Å². The molecular formula is C22H18ClFN4O4S. The Hall–Kier alpha value is -3.50. The van der Waals surface area contributed by atoms with Gasteiger partial charge < -0.3 is 10.1 Å². The van der Waals surface area contributed by atoms with Crippen molar-refractivity contribution < 1.29 is 13.9 Å². The molecule has 0 spiro atoms. The predicted molar refractivity (Wildman–Crippen MR) is 123 cm³/mol. The highest BCUT2D eigenvalue weighted by molar-refractivity contribution is 7.19. The van der Waals surface area contributed by atoms with Crippen LogP contribution in [0.3, 0.4) is 0 Å². The summed E-state index contributed by atoms with van der Waals surface area (Å²) in [5, 5.41) is 2.73. The number of thiazole rings is 1. The smallest absolute Gasteiger partial charge is 0.336 e. The molecule has 0 atom stereocenters. The second-order valence-electron chi connectivity index (χ2n) is 7.21. The number of fused-ring (bicyclic) bond motifs is 1. The lowest BCUT2D eigenvalue weighted by atomic mass is 10.2. The van der Waals surface area contributed by atoms with Crippen molar-refractivity contribution in [3.05, 3.63) is 96.0 Å². The Morgan fingerprint density at radius 2 is 2.03 bits per heavy atom. The Balaban J connectivity index is 1.64. The van der Waals surface area contributed by atoms with Crippen molar-refractivity contribution in [3.63, 3.8) is 0 Å². The van der Waals surface area contributed by atoms with Gasteiger partial charge in [-0.2, -0.15) is 0 Å². The van der Waals surface area contributed by atoms with Gasteiger partial charge in [-0.15, -0.1) is 11.3 Å². The normalized spacial score (nSPS) is 11.0. The highest BCUT2D eigenvalue weighted by Gasteiger charge is 2.18. The number of nitrogens with one attached hydrogen (secondary N) is 1. The second-order valence-corrected chi connectivity index (χ2v) is 8.64. The van der Waals surface area contributed by atoms with E-state index >= 15 is 0 Å². The SMILES string of the molecule is COc1cc(CNC(=O)c2cn3c(=O)n(Cc4ccc(Cl)c(F)c4)c(=O)c(C)c3s2)ccn1. The Morgan fingerprint density at radius 3 is 2.76 bits per heavy atom. The van der Waals surface area contributed by atoms with Crippen LogP contribution in [0.25, 0.3) is 4.83 Å². The molecule has 170 valence electrons. The fourth-order valence-corrected chi connectivity index (χ4v) is 4.39. The maximum atomic E-state index is 13.8. The molecule has 3 aromatic heterocycles. The number of methoxy groups -OCH3 is 1. The number of rotatable bonds is 6. The molecule has 0 fully saturated rings. The van der Waals surface area contributed by atoms with E-state index in [2.05, 4.69) is 10.3 Å². The minimum absolute atomic E-state index is 0.0480. The van der Waals surface area contributed by atoms with Crippen LogP contribution in [0.5, 0.6) is 5.88 Å². The quantitative estimate of drug-likeness (QED) is 0.450. The van der Waals surface area contributed by atoms with Crippen molar-refractivity contribution in [1.82, 2.24) is 19.3 Å². The van der Waals surface area contributed by atoms with Crippen molar-refractivity contribution in [1.29, 1.82) is 0 Å². The average Bonchev–Trinajstić information content (AvgIpc) is 3.27. The number of hydrogen-bond donors (Lipinski definition) is 1. The Morgan fingerprint density at radius 1 is 1.24 bits per heavy atom. The fourth-order valence-electron chi connectivity index (χ4n) is 3.27. The van der Waals surface area contributed by atoms with E-state index in [-0.39, 0.29) is 23.0 Å². The van der Waals surface area contributed by atoms with Crippen LogP contribution in [0.2, 0.25) is 5.02 Å². The van der Waals surface area contributed by atoms with E-state index in [1.807, 2.05) is 0 Å². The summed E-state index contributed by atoms with van der Waals surface area (Å²) in [5.41, 5.74) is 0.390. The van der Waals surface area contributed by atoms with E-state index in [9.17, 15) is 18.8 Å². The highest BCUT2D eigenvalue weighted by Crippen LogP contribution is 2.19. The van der Waals surface area contributed by atoms with Crippen LogP contribution in [0, 0.1) is 12.7 Å². The number of benzene rings is 1. The van der Waals surface area contributed by atoms with Crippen LogP contribution < -0.4 is 21.3 Å². The first kappa shape index (κ1) is 22.7. The molecule has 8 nitrogen and oxygen atoms in total. The number of halogens is 2. The number of pyridine rings is 1. The lowest BCUT2D eigenvalue weighted by Crippen LogP contribution is -2.38. The number of aryl methyl sites for hydroxylation is 1. The van der Waals surface area contributed by atoms with Gasteiger partial charge in [0.25, 0.3) is 11.5 Å². The van der Waals surface area contributed by atoms with E-state index in [1.54, 1.807) is 31.3 Å². The van der Waals surface area contributed by atoms with Crippen molar-refractivity contribution in [3.8, 4) is 5.88 Å². The molecule has 3 heterocycles. The largest absolute Gasteiger partial charge is 0.481 e. The highest BCUT2D eigenvalue weighted by atomic mass is 35.5. The third-order valence-corrected chi connectivity index (χ3v) is 6.52. The average molecular weight is 489 g/mol. The Kier molecular flexibility index (Phi) is 6.30. The van der Waals surface area contributed by atoms with Crippen LogP contribution in [-0.4, -0.2) is 27.0 Å². The monoisotopic (exact) mass is 488 g/mol. The third-order valence-electron chi connectivity index (χ3n) is 5.01. The summed E-state index contributed by atoms with van der Waals surface area (Å²) in [6, 6.07) is 7.54. The first-order valence-corrected chi connectivity index (χ1v) is 10.9. The molecule has 4 rings (SSSR count). The minimum atomic E-state index is -0.638. The Labute approximate surface area is 195 Å². The summed E-state index contributed by atoms with van der Waals surface area (Å²) in [7, 11) is 1.50. The zero-order chi connectivity index (χ0) is 23.7. The molecule has 1 amide bonds. The summed E-state index contributed by atoms with van der Waals surface area (Å²) in [6.45, 7) is 1.68. The van der Waals surface area contributed by atoms with E-state index in [0.717, 1.165) is 21.5 Å². The topological polar surface area (TPSA) is 94.7 Å². The van der Waals surface area contributed by atoms with Crippen LogP contribution in [0.4, 0.5) is 4.39 Å². The molecule has 0 bridgehead atoms. The Bertz CT molecular complexity index is 1490. The summed E-state index contributed by atoms with van der Waals surface area (Å²) in [4.78, 5) is 43.2. The molecule has 1 N–H and O–H groups in total. The maximum absolute atomic E-state index is 13.8. The molecule has 1 aromatic carbocycles. The molecule has 0 saturated carbocycles. The molecule has 0 aliphatic heterocycles. The number of aromatic nitrogens is 3. The summed E-state index contributed by atoms with van der Waals surface area (Å²) >= 11 is 6.75. The van der Waals surface area contributed by atoms with Crippen LogP contribution in [-0.2, 0) is 13.1 Å². The van der Waals surface area contributed by atoms with Gasteiger partial charge in [0.1, 0.15) is 15.5 Å². The first-order valence-electron chi connectivity index (χ1n) is 9.75. The number of ether oxygens (including phenoxy) is 1. The summed E-state index contributed by atoms with van der Waals surface area (Å²) in [5.74, 6) is -0.600. The van der Waals surface area contributed by atoms with Gasteiger partial charge in [0.05, 0.1) is 18.7 Å². The lowest BCUT2D eigenvalue weighted by Gasteiger charge is -2.08. The first-order chi connectivity index (χ1) is 15.8. The number of carbonyl (C=O) groups excluding carboxylic acids is 1. The molecule has 0 saturated heterocycles. The zero-order valence-corrected chi connectivity index (χ0v) is 19.2. The zero-order valence-electron chi connectivity index (χ0n) is 17.6. The molecule has 33 heavy (non-hydrogen) atoms. The van der Waals surface area contributed by atoms with Crippen LogP contribution in [0.1, 0.15) is 26.4 Å². The van der Waals surface area contributed by atoms with E-state index in [4.69, 9.17) is 16.3 Å². The molecule has 0 radical (unpaired) electrons. The molecule has 4 aromatic rings. The molecule has 11 heteroatoms. The number of amides is 1. The van der Waals surface area contributed by atoms with Gasteiger partial charge in [0.15, 0.2) is 0 Å². The van der Waals surface area contributed by atoms with Gasteiger partial charge in [-0.3, -0.25) is 18.6 Å². The van der Waals surface area contributed by atoms with Gasteiger partial charge in [0, 0.05) is 30.6 Å². The fraction of sp³-hybridized carbons (Fsp3) is 0.182. The molecular weight excluding hydrogens is 471 g/mol. The van der Waals surface area contributed by atoms with Crippen molar-refractivity contribution in [2.45, 2.75) is 20.0 Å². The van der Waals surface area contributed by atoms with E-state index in [1.165, 1.54) is 29.8 Å². The molecule has 0 unspecified atom stereocenters. The number of carbonyl (C=O) groups is 1. The third kappa shape index (κ3) is 4.53.